The first kappa shape index (κ1) is 18.5. The molecule has 28 heavy (non-hydrogen) atoms. The second-order valence-corrected chi connectivity index (χ2v) is 7.53. The van der Waals surface area contributed by atoms with Crippen molar-refractivity contribution in [2.45, 2.75) is 51.6 Å². The smallest absolute Gasteiger partial charge is 0.188 e. The lowest BCUT2D eigenvalue weighted by Gasteiger charge is -2.32. The monoisotopic (exact) mass is 374 g/mol. The van der Waals surface area contributed by atoms with Gasteiger partial charge < -0.3 is 9.72 Å². The number of benzene rings is 2. The molecule has 3 aromatic rings. The summed E-state index contributed by atoms with van der Waals surface area (Å²) in [6, 6.07) is 14.1. The lowest BCUT2D eigenvalue weighted by Crippen LogP contribution is -2.33. The Morgan fingerprint density at radius 2 is 1.96 bits per heavy atom. The number of imidazole rings is 1. The van der Waals surface area contributed by atoms with Crippen molar-refractivity contribution in [1.29, 1.82) is 0 Å². The molecular formula is C24H26N2O2. The Bertz CT molecular complexity index is 964. The summed E-state index contributed by atoms with van der Waals surface area (Å²) in [5.41, 5.74) is 3.50. The lowest BCUT2D eigenvalue weighted by molar-refractivity contribution is 0.0971. The molecule has 0 aliphatic heterocycles. The zero-order chi connectivity index (χ0) is 19.6. The van der Waals surface area contributed by atoms with Gasteiger partial charge in [0.05, 0.1) is 0 Å². The minimum Gasteiger partial charge on any atom is -0.475 e. The molecule has 1 unspecified atom stereocenters. The van der Waals surface area contributed by atoms with Crippen LogP contribution in [0.15, 0.2) is 54.9 Å². The van der Waals surface area contributed by atoms with E-state index in [4.69, 9.17) is 4.74 Å². The van der Waals surface area contributed by atoms with Gasteiger partial charge in [0.1, 0.15) is 5.75 Å². The van der Waals surface area contributed by atoms with Crippen LogP contribution in [0.2, 0.25) is 0 Å². The standard InChI is InChI=1S/C24H26N2O2/c1-3-8-20-18-11-7-12-21(27)19(18)13-14-22(20)28-24(2,23-25-15-16-26-23)17-9-5-4-6-10-17/h4-6,9-10,13-16H,3,7-8,11-12H2,1-2H3,(H,25,26). The quantitative estimate of drug-likeness (QED) is 0.643. The van der Waals surface area contributed by atoms with Crippen LogP contribution >= 0.6 is 0 Å². The fourth-order valence-corrected chi connectivity index (χ4v) is 4.14. The average Bonchev–Trinajstić information content (AvgIpc) is 3.26. The van der Waals surface area contributed by atoms with Crippen molar-refractivity contribution in [3.63, 3.8) is 0 Å². The number of carbonyl (C=O) groups excluding carboxylic acids is 1. The fourth-order valence-electron chi connectivity index (χ4n) is 4.14. The van der Waals surface area contributed by atoms with Gasteiger partial charge in [-0.3, -0.25) is 4.79 Å². The zero-order valence-electron chi connectivity index (χ0n) is 16.5. The first-order valence-electron chi connectivity index (χ1n) is 10.1. The number of fused-ring (bicyclic) bond motifs is 1. The van der Waals surface area contributed by atoms with E-state index in [0.717, 1.165) is 48.4 Å². The molecule has 4 rings (SSSR count). The summed E-state index contributed by atoms with van der Waals surface area (Å²) in [5.74, 6) is 1.86. The van der Waals surface area contributed by atoms with Crippen LogP contribution in [-0.2, 0) is 18.4 Å². The van der Waals surface area contributed by atoms with E-state index < -0.39 is 5.60 Å². The molecule has 1 N–H and O–H groups in total. The summed E-state index contributed by atoms with van der Waals surface area (Å²) in [6.45, 7) is 4.21. The minimum absolute atomic E-state index is 0.252. The van der Waals surface area contributed by atoms with Gasteiger partial charge in [0, 0.05) is 29.9 Å². The molecule has 1 aliphatic carbocycles. The molecule has 2 aromatic carbocycles. The van der Waals surface area contributed by atoms with Gasteiger partial charge in [0.2, 0.25) is 0 Å². The van der Waals surface area contributed by atoms with E-state index in [2.05, 4.69) is 29.0 Å². The first-order chi connectivity index (χ1) is 13.6. The molecule has 4 heteroatoms. The van der Waals surface area contributed by atoms with Crippen molar-refractivity contribution in [2.75, 3.05) is 0 Å². The number of hydrogen-bond acceptors (Lipinski definition) is 3. The number of H-pyrrole nitrogens is 1. The van der Waals surface area contributed by atoms with Crippen LogP contribution in [-0.4, -0.2) is 15.8 Å². The third kappa shape index (κ3) is 3.24. The van der Waals surface area contributed by atoms with Gasteiger partial charge in [0.15, 0.2) is 17.2 Å². The molecular weight excluding hydrogens is 348 g/mol. The van der Waals surface area contributed by atoms with Gasteiger partial charge >= 0.3 is 0 Å². The number of carbonyl (C=O) groups is 1. The fraction of sp³-hybridized carbons (Fsp3) is 0.333. The summed E-state index contributed by atoms with van der Waals surface area (Å²) in [7, 11) is 0. The number of nitrogens with zero attached hydrogens (tertiary/aromatic N) is 1. The Morgan fingerprint density at radius 1 is 1.14 bits per heavy atom. The van der Waals surface area contributed by atoms with Crippen LogP contribution in [0.4, 0.5) is 0 Å². The topological polar surface area (TPSA) is 55.0 Å². The Hall–Kier alpha value is -2.88. The summed E-state index contributed by atoms with van der Waals surface area (Å²) in [5, 5.41) is 0. The Morgan fingerprint density at radius 3 is 2.68 bits per heavy atom. The molecule has 1 aliphatic rings. The summed E-state index contributed by atoms with van der Waals surface area (Å²) in [4.78, 5) is 20.1. The number of aromatic nitrogens is 2. The molecule has 0 spiro atoms. The minimum atomic E-state index is -0.750. The predicted molar refractivity (Wildman–Crippen MR) is 110 cm³/mol. The Labute approximate surface area is 166 Å². The second kappa shape index (κ2) is 7.63. The van der Waals surface area contributed by atoms with E-state index in [9.17, 15) is 4.79 Å². The Kier molecular flexibility index (Phi) is 5.03. The molecule has 144 valence electrons. The van der Waals surface area contributed by atoms with Crippen molar-refractivity contribution < 1.29 is 9.53 Å². The number of aromatic amines is 1. The maximum atomic E-state index is 12.4. The van der Waals surface area contributed by atoms with E-state index in [1.54, 1.807) is 6.20 Å². The van der Waals surface area contributed by atoms with Crippen molar-refractivity contribution in [3.8, 4) is 5.75 Å². The molecule has 1 aromatic heterocycles. The van der Waals surface area contributed by atoms with Crippen molar-refractivity contribution in [2.24, 2.45) is 0 Å². The van der Waals surface area contributed by atoms with Crippen molar-refractivity contribution in [1.82, 2.24) is 9.97 Å². The Balaban J connectivity index is 1.83. The molecule has 0 saturated carbocycles. The average molecular weight is 374 g/mol. The maximum absolute atomic E-state index is 12.4. The molecule has 0 radical (unpaired) electrons. The van der Waals surface area contributed by atoms with Crippen LogP contribution in [0.3, 0.4) is 0 Å². The summed E-state index contributed by atoms with van der Waals surface area (Å²) < 4.78 is 6.71. The number of nitrogens with one attached hydrogen (secondary N) is 1. The predicted octanol–water partition coefficient (Wildman–Crippen LogP) is 5.22. The highest BCUT2D eigenvalue weighted by molar-refractivity contribution is 5.99. The van der Waals surface area contributed by atoms with E-state index in [1.165, 1.54) is 11.1 Å². The molecule has 4 nitrogen and oxygen atoms in total. The van der Waals surface area contributed by atoms with Crippen molar-refractivity contribution >= 4 is 5.78 Å². The molecule has 1 atom stereocenters. The van der Waals surface area contributed by atoms with Gasteiger partial charge in [-0.25, -0.2) is 4.98 Å². The lowest BCUT2D eigenvalue weighted by atomic mass is 9.85. The van der Waals surface area contributed by atoms with Gasteiger partial charge in [-0.05, 0) is 49.4 Å². The van der Waals surface area contributed by atoms with Gasteiger partial charge in [-0.15, -0.1) is 0 Å². The van der Waals surface area contributed by atoms with Gasteiger partial charge in [-0.2, -0.15) is 0 Å². The van der Waals surface area contributed by atoms with E-state index in [0.29, 0.717) is 6.42 Å². The molecule has 0 amide bonds. The number of rotatable bonds is 6. The van der Waals surface area contributed by atoms with E-state index >= 15 is 0 Å². The van der Waals surface area contributed by atoms with Crippen LogP contribution in [0, 0.1) is 0 Å². The number of ketones is 1. The molecule has 0 saturated heterocycles. The third-order valence-electron chi connectivity index (χ3n) is 5.61. The van der Waals surface area contributed by atoms with Gasteiger partial charge in [0.25, 0.3) is 0 Å². The maximum Gasteiger partial charge on any atom is 0.188 e. The number of Topliss-reactive ketones (excluding diaryl/α,β-unsaturated/α-hetero) is 1. The SMILES string of the molecule is CCCc1c(OC(C)(c2ccccc2)c2ncc[nH]2)ccc2c1CCCC2=O. The second-order valence-electron chi connectivity index (χ2n) is 7.53. The van der Waals surface area contributed by atoms with Crippen LogP contribution < -0.4 is 4.74 Å². The molecule has 0 bridgehead atoms. The van der Waals surface area contributed by atoms with E-state index in [1.807, 2.05) is 43.5 Å². The van der Waals surface area contributed by atoms with Crippen LogP contribution in [0.1, 0.15) is 66.0 Å². The normalized spacial score (nSPS) is 15.7. The van der Waals surface area contributed by atoms with Crippen LogP contribution in [0.5, 0.6) is 5.75 Å². The number of hydrogen-bond donors (Lipinski definition) is 1. The summed E-state index contributed by atoms with van der Waals surface area (Å²) in [6.07, 6.45) is 7.97. The summed E-state index contributed by atoms with van der Waals surface area (Å²) >= 11 is 0. The van der Waals surface area contributed by atoms with Crippen LogP contribution in [0.25, 0.3) is 0 Å². The first-order valence-corrected chi connectivity index (χ1v) is 10.1. The van der Waals surface area contributed by atoms with Crippen molar-refractivity contribution in [3.05, 3.63) is 82.9 Å². The number of ether oxygens (including phenoxy) is 1. The van der Waals surface area contributed by atoms with Gasteiger partial charge in [-0.1, -0.05) is 43.7 Å². The molecule has 1 heterocycles. The molecule has 0 fully saturated rings. The highest BCUT2D eigenvalue weighted by Gasteiger charge is 2.35. The largest absolute Gasteiger partial charge is 0.475 e. The zero-order valence-corrected chi connectivity index (χ0v) is 16.5. The van der Waals surface area contributed by atoms with E-state index in [-0.39, 0.29) is 5.78 Å². The highest BCUT2D eigenvalue weighted by Crippen LogP contribution is 2.38. The highest BCUT2D eigenvalue weighted by atomic mass is 16.5. The third-order valence-corrected chi connectivity index (χ3v) is 5.61.